The number of nitrogens with two attached hydrogens (primary N) is 1. The normalized spacial score (nSPS) is 10.5. The van der Waals surface area contributed by atoms with E-state index in [-0.39, 0.29) is 6.54 Å². The van der Waals surface area contributed by atoms with Gasteiger partial charge in [0, 0.05) is 5.56 Å². The predicted molar refractivity (Wildman–Crippen MR) is 62.5 cm³/mol. The van der Waals surface area contributed by atoms with Gasteiger partial charge in [-0.1, -0.05) is 23.2 Å². The number of primary amides is 1. The molecule has 0 unspecified atom stereocenters. The van der Waals surface area contributed by atoms with Crippen LogP contribution in [0.15, 0.2) is 18.2 Å². The predicted octanol–water partition coefficient (Wildman–Crippen LogP) is 1.13. The number of amides is 1. The Hall–Kier alpha value is -1.66. The highest BCUT2D eigenvalue weighted by Gasteiger charge is 2.09. The number of nitrogens with zero attached hydrogens (tertiary/aromatic N) is 4. The summed E-state index contributed by atoms with van der Waals surface area (Å²) >= 11 is 11.7. The Morgan fingerprint density at radius 3 is 2.76 bits per heavy atom. The lowest BCUT2D eigenvalue weighted by Gasteiger charge is -1.97. The second-order valence-corrected chi connectivity index (χ2v) is 4.05. The standard InChI is InChI=1S/C9H7Cl2N5O/c10-6-2-1-5(3-7(6)11)9-13-15-16(14-9)4-8(12)17/h1-3H,4H2,(H2,12,17). The average molecular weight is 272 g/mol. The van der Waals surface area contributed by atoms with Crippen LogP contribution in [0, 0.1) is 0 Å². The van der Waals surface area contributed by atoms with Gasteiger partial charge in [-0.2, -0.15) is 4.80 Å². The molecule has 0 bridgehead atoms. The van der Waals surface area contributed by atoms with Gasteiger partial charge in [0.25, 0.3) is 0 Å². The molecule has 1 aromatic carbocycles. The topological polar surface area (TPSA) is 86.7 Å². The van der Waals surface area contributed by atoms with Gasteiger partial charge >= 0.3 is 0 Å². The number of halogens is 2. The Bertz CT molecular complexity index is 568. The van der Waals surface area contributed by atoms with E-state index in [0.717, 1.165) is 4.80 Å². The maximum atomic E-state index is 10.7. The van der Waals surface area contributed by atoms with E-state index in [2.05, 4.69) is 15.4 Å². The zero-order valence-electron chi connectivity index (χ0n) is 8.47. The van der Waals surface area contributed by atoms with Gasteiger partial charge in [-0.15, -0.1) is 10.2 Å². The van der Waals surface area contributed by atoms with Crippen molar-refractivity contribution < 1.29 is 4.79 Å². The summed E-state index contributed by atoms with van der Waals surface area (Å²) in [6, 6.07) is 4.96. The molecule has 2 rings (SSSR count). The quantitative estimate of drug-likeness (QED) is 0.907. The molecule has 0 fully saturated rings. The number of aromatic nitrogens is 4. The monoisotopic (exact) mass is 271 g/mol. The first-order valence-corrected chi connectivity index (χ1v) is 5.33. The fourth-order valence-corrected chi connectivity index (χ4v) is 1.50. The first-order valence-electron chi connectivity index (χ1n) is 4.58. The molecule has 1 amide bonds. The number of carbonyl (C=O) groups is 1. The number of hydrogen-bond donors (Lipinski definition) is 1. The van der Waals surface area contributed by atoms with Crippen molar-refractivity contribution in [2.75, 3.05) is 0 Å². The number of hydrogen-bond acceptors (Lipinski definition) is 4. The summed E-state index contributed by atoms with van der Waals surface area (Å²) in [6.45, 7) is -0.117. The molecule has 0 spiro atoms. The molecule has 1 heterocycles. The second-order valence-electron chi connectivity index (χ2n) is 3.24. The van der Waals surface area contributed by atoms with E-state index in [1.165, 1.54) is 0 Å². The highest BCUT2D eigenvalue weighted by atomic mass is 35.5. The number of carbonyl (C=O) groups excluding carboxylic acids is 1. The average Bonchev–Trinajstić information content (AvgIpc) is 2.69. The van der Waals surface area contributed by atoms with Gasteiger partial charge in [-0.25, -0.2) is 0 Å². The molecule has 0 aliphatic rings. The van der Waals surface area contributed by atoms with Crippen molar-refractivity contribution in [3.8, 4) is 11.4 Å². The molecular weight excluding hydrogens is 265 g/mol. The highest BCUT2D eigenvalue weighted by Crippen LogP contribution is 2.26. The summed E-state index contributed by atoms with van der Waals surface area (Å²) in [6.07, 6.45) is 0. The Morgan fingerprint density at radius 2 is 2.12 bits per heavy atom. The minimum Gasteiger partial charge on any atom is -0.368 e. The fraction of sp³-hybridized carbons (Fsp3) is 0.111. The van der Waals surface area contributed by atoms with Gasteiger partial charge in [-0.05, 0) is 23.4 Å². The summed E-state index contributed by atoms with van der Waals surface area (Å²) in [4.78, 5) is 11.8. The van der Waals surface area contributed by atoms with E-state index in [0.29, 0.717) is 21.4 Å². The molecule has 0 saturated heterocycles. The first-order chi connectivity index (χ1) is 8.06. The van der Waals surface area contributed by atoms with Crippen molar-refractivity contribution in [2.45, 2.75) is 6.54 Å². The van der Waals surface area contributed by atoms with Gasteiger partial charge in [-0.3, -0.25) is 4.79 Å². The summed E-state index contributed by atoms with van der Waals surface area (Å²) < 4.78 is 0. The van der Waals surface area contributed by atoms with E-state index in [9.17, 15) is 4.79 Å². The van der Waals surface area contributed by atoms with Crippen molar-refractivity contribution in [3.63, 3.8) is 0 Å². The first kappa shape index (κ1) is 11.8. The van der Waals surface area contributed by atoms with Crippen molar-refractivity contribution in [3.05, 3.63) is 28.2 Å². The molecule has 6 nitrogen and oxygen atoms in total. The second kappa shape index (κ2) is 4.68. The zero-order chi connectivity index (χ0) is 12.4. The summed E-state index contributed by atoms with van der Waals surface area (Å²) in [5.74, 6) is -0.187. The third-order valence-corrected chi connectivity index (χ3v) is 2.67. The molecule has 2 N–H and O–H groups in total. The van der Waals surface area contributed by atoms with E-state index in [4.69, 9.17) is 28.9 Å². The van der Waals surface area contributed by atoms with Gasteiger partial charge in [0.1, 0.15) is 6.54 Å². The van der Waals surface area contributed by atoms with Crippen LogP contribution in [-0.2, 0) is 11.3 Å². The zero-order valence-corrected chi connectivity index (χ0v) is 9.98. The Balaban J connectivity index is 2.30. The van der Waals surface area contributed by atoms with Crippen LogP contribution >= 0.6 is 23.2 Å². The molecule has 0 radical (unpaired) electrons. The Labute approximate surface area is 106 Å². The lowest BCUT2D eigenvalue weighted by Crippen LogP contribution is -2.20. The molecule has 0 aliphatic heterocycles. The molecule has 2 aromatic rings. The smallest absolute Gasteiger partial charge is 0.241 e. The van der Waals surface area contributed by atoms with Crippen LogP contribution in [0.3, 0.4) is 0 Å². The molecule has 0 saturated carbocycles. The summed E-state index contributed by atoms with van der Waals surface area (Å²) in [5.41, 5.74) is 5.67. The number of rotatable bonds is 3. The minimum atomic E-state index is -0.539. The van der Waals surface area contributed by atoms with Crippen LogP contribution in [0.5, 0.6) is 0 Å². The van der Waals surface area contributed by atoms with E-state index in [1.54, 1.807) is 18.2 Å². The maximum absolute atomic E-state index is 10.7. The van der Waals surface area contributed by atoms with E-state index >= 15 is 0 Å². The lowest BCUT2D eigenvalue weighted by molar-refractivity contribution is -0.118. The van der Waals surface area contributed by atoms with Crippen molar-refractivity contribution in [2.24, 2.45) is 5.73 Å². The molecule has 0 atom stereocenters. The van der Waals surface area contributed by atoms with Gasteiger partial charge < -0.3 is 5.73 Å². The van der Waals surface area contributed by atoms with Crippen LogP contribution in [0.25, 0.3) is 11.4 Å². The van der Waals surface area contributed by atoms with Crippen LogP contribution in [0.4, 0.5) is 0 Å². The molecule has 1 aromatic heterocycles. The lowest BCUT2D eigenvalue weighted by atomic mass is 10.2. The van der Waals surface area contributed by atoms with Gasteiger partial charge in [0.2, 0.25) is 11.7 Å². The van der Waals surface area contributed by atoms with Crippen LogP contribution in [0.1, 0.15) is 0 Å². The van der Waals surface area contributed by atoms with Crippen molar-refractivity contribution in [1.29, 1.82) is 0 Å². The van der Waals surface area contributed by atoms with E-state index < -0.39 is 5.91 Å². The SMILES string of the molecule is NC(=O)Cn1nnc(-c2ccc(Cl)c(Cl)c2)n1. The van der Waals surface area contributed by atoms with Crippen LogP contribution in [-0.4, -0.2) is 26.1 Å². The molecule has 0 aliphatic carbocycles. The van der Waals surface area contributed by atoms with Crippen molar-refractivity contribution in [1.82, 2.24) is 20.2 Å². The largest absolute Gasteiger partial charge is 0.368 e. The number of tetrazole rings is 1. The van der Waals surface area contributed by atoms with Gasteiger partial charge in [0.05, 0.1) is 10.0 Å². The molecule has 8 heteroatoms. The molecular formula is C9H7Cl2N5O. The van der Waals surface area contributed by atoms with E-state index in [1.807, 2.05) is 0 Å². The Morgan fingerprint density at radius 1 is 1.35 bits per heavy atom. The summed E-state index contributed by atoms with van der Waals surface area (Å²) in [5, 5.41) is 12.3. The minimum absolute atomic E-state index is 0.117. The fourth-order valence-electron chi connectivity index (χ4n) is 1.20. The molecule has 17 heavy (non-hydrogen) atoms. The van der Waals surface area contributed by atoms with Gasteiger partial charge in [0.15, 0.2) is 0 Å². The third-order valence-electron chi connectivity index (χ3n) is 1.93. The molecule has 88 valence electrons. The summed E-state index contributed by atoms with van der Waals surface area (Å²) in [7, 11) is 0. The van der Waals surface area contributed by atoms with Crippen LogP contribution < -0.4 is 5.73 Å². The number of benzene rings is 1. The Kier molecular flexibility index (Phi) is 3.26. The maximum Gasteiger partial charge on any atom is 0.241 e. The third kappa shape index (κ3) is 2.72. The van der Waals surface area contributed by atoms with Crippen molar-refractivity contribution >= 4 is 29.1 Å². The highest BCUT2D eigenvalue weighted by molar-refractivity contribution is 6.42. The van der Waals surface area contributed by atoms with Crippen LogP contribution in [0.2, 0.25) is 10.0 Å².